The van der Waals surface area contributed by atoms with Gasteiger partial charge in [-0.1, -0.05) is 13.8 Å². The molecule has 5 nitrogen and oxygen atoms in total. The van der Waals surface area contributed by atoms with E-state index >= 15 is 0 Å². The lowest BCUT2D eigenvalue weighted by Crippen LogP contribution is -2.37. The number of hydrogen-bond donors (Lipinski definition) is 1. The molecule has 0 saturated carbocycles. The van der Waals surface area contributed by atoms with Gasteiger partial charge in [0.15, 0.2) is 5.82 Å². The molecular weight excluding hydrogens is 262 g/mol. The fraction of sp³-hybridized carbons (Fsp3) is 0.750. The molecule has 1 N–H and O–H groups in total. The predicted molar refractivity (Wildman–Crippen MR) is 85.4 cm³/mol. The summed E-state index contributed by atoms with van der Waals surface area (Å²) in [5.41, 5.74) is 1.01. The first kappa shape index (κ1) is 14.7. The van der Waals surface area contributed by atoms with Gasteiger partial charge in [-0.3, -0.25) is 4.90 Å². The fourth-order valence-electron chi connectivity index (χ4n) is 3.44. The van der Waals surface area contributed by atoms with Crippen molar-refractivity contribution in [3.05, 3.63) is 17.8 Å². The highest BCUT2D eigenvalue weighted by atomic mass is 15.3. The minimum atomic E-state index is 0.475. The number of rotatable bonds is 4. The van der Waals surface area contributed by atoms with Crippen LogP contribution in [0.15, 0.2) is 12.1 Å². The lowest BCUT2D eigenvalue weighted by molar-refractivity contribution is 0.254. The van der Waals surface area contributed by atoms with E-state index in [0.29, 0.717) is 12.1 Å². The van der Waals surface area contributed by atoms with Crippen LogP contribution in [-0.2, 0) is 6.54 Å². The van der Waals surface area contributed by atoms with Gasteiger partial charge in [0.1, 0.15) is 0 Å². The second-order valence-electron chi connectivity index (χ2n) is 6.70. The molecule has 2 aliphatic rings. The molecule has 0 aliphatic carbocycles. The third kappa shape index (κ3) is 3.35. The molecule has 0 aromatic carbocycles. The van der Waals surface area contributed by atoms with Gasteiger partial charge in [0.25, 0.3) is 0 Å². The number of likely N-dealkylation sites (N-methyl/N-ethyl adjacent to an activating group) is 1. The number of fused-ring (bicyclic) bond motifs is 2. The van der Waals surface area contributed by atoms with Crippen molar-refractivity contribution < 1.29 is 0 Å². The second-order valence-corrected chi connectivity index (χ2v) is 6.70. The molecule has 21 heavy (non-hydrogen) atoms. The molecule has 2 unspecified atom stereocenters. The lowest BCUT2D eigenvalue weighted by atomic mass is 10.1. The van der Waals surface area contributed by atoms with Gasteiger partial charge in [0, 0.05) is 37.8 Å². The van der Waals surface area contributed by atoms with E-state index in [4.69, 9.17) is 0 Å². The van der Waals surface area contributed by atoms with E-state index in [1.54, 1.807) is 0 Å². The van der Waals surface area contributed by atoms with Crippen LogP contribution < -0.4 is 10.2 Å². The highest BCUT2D eigenvalue weighted by molar-refractivity contribution is 5.38. The monoisotopic (exact) mass is 289 g/mol. The van der Waals surface area contributed by atoms with Crippen LogP contribution in [0.2, 0.25) is 0 Å². The Morgan fingerprint density at radius 3 is 2.71 bits per heavy atom. The Morgan fingerprint density at radius 2 is 2.00 bits per heavy atom. The molecule has 0 amide bonds. The molecule has 1 aromatic rings. The van der Waals surface area contributed by atoms with Gasteiger partial charge in [-0.15, -0.1) is 5.10 Å². The summed E-state index contributed by atoms with van der Waals surface area (Å²) in [4.78, 5) is 4.97. The number of anilines is 1. The molecular formula is C16H27N5. The first-order valence-electron chi connectivity index (χ1n) is 8.16. The van der Waals surface area contributed by atoms with E-state index < -0.39 is 0 Å². The van der Waals surface area contributed by atoms with Crippen molar-refractivity contribution in [1.29, 1.82) is 0 Å². The average Bonchev–Trinajstić information content (AvgIpc) is 2.71. The van der Waals surface area contributed by atoms with E-state index in [1.807, 2.05) is 0 Å². The molecule has 0 spiro atoms. The van der Waals surface area contributed by atoms with Crippen molar-refractivity contribution >= 4 is 5.82 Å². The van der Waals surface area contributed by atoms with Crippen molar-refractivity contribution in [3.8, 4) is 0 Å². The Balaban J connectivity index is 1.64. The van der Waals surface area contributed by atoms with Gasteiger partial charge < -0.3 is 10.2 Å². The van der Waals surface area contributed by atoms with Crippen LogP contribution in [0.25, 0.3) is 0 Å². The van der Waals surface area contributed by atoms with Crippen molar-refractivity contribution in [3.63, 3.8) is 0 Å². The smallest absolute Gasteiger partial charge is 0.151 e. The Hall–Kier alpha value is -1.20. The average molecular weight is 289 g/mol. The summed E-state index contributed by atoms with van der Waals surface area (Å²) in [7, 11) is 2.28. The van der Waals surface area contributed by atoms with E-state index in [2.05, 4.69) is 58.3 Å². The third-order valence-electron chi connectivity index (χ3n) is 4.87. The molecule has 1 aromatic heterocycles. The summed E-state index contributed by atoms with van der Waals surface area (Å²) in [6.45, 7) is 7.27. The maximum atomic E-state index is 4.45. The summed E-state index contributed by atoms with van der Waals surface area (Å²) in [6, 6.07) is 6.15. The highest BCUT2D eigenvalue weighted by Crippen LogP contribution is 2.29. The standard InChI is InChI=1S/C16H27N5/c1-12(2)17-10-13-4-7-16(19-18-13)21-9-8-14-5-6-15(11-21)20(14)3/h4,7,12,14-15,17H,5-6,8-11H2,1-3H3. The van der Waals surface area contributed by atoms with Crippen molar-refractivity contribution in [2.24, 2.45) is 0 Å². The quantitative estimate of drug-likeness (QED) is 0.913. The fourth-order valence-corrected chi connectivity index (χ4v) is 3.44. The summed E-state index contributed by atoms with van der Waals surface area (Å²) < 4.78 is 0. The number of hydrogen-bond acceptors (Lipinski definition) is 5. The van der Waals surface area contributed by atoms with Gasteiger partial charge in [0.05, 0.1) is 5.69 Å². The number of aromatic nitrogens is 2. The molecule has 3 heterocycles. The first-order chi connectivity index (χ1) is 10.1. The zero-order chi connectivity index (χ0) is 14.8. The third-order valence-corrected chi connectivity index (χ3v) is 4.87. The molecule has 2 atom stereocenters. The van der Waals surface area contributed by atoms with Gasteiger partial charge in [-0.05, 0) is 38.4 Å². The number of nitrogens with zero attached hydrogens (tertiary/aromatic N) is 4. The molecule has 3 rings (SSSR count). The van der Waals surface area contributed by atoms with Gasteiger partial charge in [0.2, 0.25) is 0 Å². The van der Waals surface area contributed by atoms with Crippen LogP contribution in [-0.4, -0.2) is 53.4 Å². The largest absolute Gasteiger partial charge is 0.354 e. The van der Waals surface area contributed by atoms with Gasteiger partial charge in [-0.25, -0.2) is 0 Å². The van der Waals surface area contributed by atoms with Crippen LogP contribution in [0.1, 0.15) is 38.8 Å². The van der Waals surface area contributed by atoms with Gasteiger partial charge >= 0.3 is 0 Å². The van der Waals surface area contributed by atoms with Crippen LogP contribution in [0.4, 0.5) is 5.82 Å². The zero-order valence-electron chi connectivity index (χ0n) is 13.4. The topological polar surface area (TPSA) is 44.3 Å². The molecule has 2 bridgehead atoms. The first-order valence-corrected chi connectivity index (χ1v) is 8.16. The van der Waals surface area contributed by atoms with E-state index in [0.717, 1.165) is 37.2 Å². The molecule has 116 valence electrons. The minimum absolute atomic E-state index is 0.475. The van der Waals surface area contributed by atoms with E-state index in [1.165, 1.54) is 19.3 Å². The Bertz CT molecular complexity index is 458. The van der Waals surface area contributed by atoms with E-state index in [9.17, 15) is 0 Å². The molecule has 2 fully saturated rings. The van der Waals surface area contributed by atoms with E-state index in [-0.39, 0.29) is 0 Å². The second kappa shape index (κ2) is 6.28. The van der Waals surface area contributed by atoms with Crippen LogP contribution in [0, 0.1) is 0 Å². The van der Waals surface area contributed by atoms with Gasteiger partial charge in [-0.2, -0.15) is 5.10 Å². The minimum Gasteiger partial charge on any atom is -0.354 e. The summed E-state index contributed by atoms with van der Waals surface area (Å²) >= 11 is 0. The van der Waals surface area contributed by atoms with Crippen molar-refractivity contribution in [1.82, 2.24) is 20.4 Å². The Kier molecular flexibility index (Phi) is 4.40. The van der Waals surface area contributed by atoms with Crippen LogP contribution in [0.3, 0.4) is 0 Å². The normalized spacial score (nSPS) is 26.4. The number of nitrogens with one attached hydrogen (secondary N) is 1. The Morgan fingerprint density at radius 1 is 1.19 bits per heavy atom. The maximum Gasteiger partial charge on any atom is 0.151 e. The van der Waals surface area contributed by atoms with Crippen LogP contribution in [0.5, 0.6) is 0 Å². The molecule has 0 radical (unpaired) electrons. The summed E-state index contributed by atoms with van der Waals surface area (Å²) in [5, 5.41) is 12.2. The molecule has 5 heteroatoms. The summed E-state index contributed by atoms with van der Waals surface area (Å²) in [6.07, 6.45) is 3.92. The SMILES string of the molecule is CC(C)NCc1ccc(N2CCC3CCC(C2)N3C)nn1. The molecule has 2 aliphatic heterocycles. The van der Waals surface area contributed by atoms with Crippen molar-refractivity contribution in [2.45, 2.75) is 57.8 Å². The maximum absolute atomic E-state index is 4.45. The zero-order valence-corrected chi connectivity index (χ0v) is 13.4. The Labute approximate surface area is 127 Å². The van der Waals surface area contributed by atoms with Crippen LogP contribution >= 0.6 is 0 Å². The molecule has 2 saturated heterocycles. The predicted octanol–water partition coefficient (Wildman–Crippen LogP) is 1.65. The highest BCUT2D eigenvalue weighted by Gasteiger charge is 2.34. The van der Waals surface area contributed by atoms with Crippen molar-refractivity contribution in [2.75, 3.05) is 25.0 Å². The lowest BCUT2D eigenvalue weighted by Gasteiger charge is -2.26. The summed E-state index contributed by atoms with van der Waals surface area (Å²) in [5.74, 6) is 1.03.